The molecule has 1 atom stereocenters. The lowest BCUT2D eigenvalue weighted by Crippen LogP contribution is -2.20. The van der Waals surface area contributed by atoms with Crippen LogP contribution in [0, 0.1) is 0 Å². The average Bonchev–Trinajstić information content (AvgIpc) is 3.06. The van der Waals surface area contributed by atoms with Crippen molar-refractivity contribution in [2.45, 2.75) is 25.8 Å². The molecule has 102 valence electrons. The van der Waals surface area contributed by atoms with Crippen molar-refractivity contribution >= 4 is 33.3 Å². The van der Waals surface area contributed by atoms with Crippen LogP contribution >= 0.6 is 11.3 Å². The molecule has 1 saturated heterocycles. The van der Waals surface area contributed by atoms with Gasteiger partial charge in [-0.05, 0) is 18.9 Å². The summed E-state index contributed by atoms with van der Waals surface area (Å²) in [5.74, 6) is 1.58. The summed E-state index contributed by atoms with van der Waals surface area (Å²) in [5, 5.41) is 7.63. The van der Waals surface area contributed by atoms with Gasteiger partial charge in [0.2, 0.25) is 5.95 Å². The molecule has 2 aromatic heterocycles. The molecule has 19 heavy (non-hydrogen) atoms. The maximum atomic E-state index is 5.41. The summed E-state index contributed by atoms with van der Waals surface area (Å²) in [6.07, 6.45) is 2.06. The van der Waals surface area contributed by atoms with Crippen molar-refractivity contribution in [3.05, 3.63) is 10.9 Å². The largest absolute Gasteiger partial charge is 0.379 e. The van der Waals surface area contributed by atoms with Crippen LogP contribution in [0.4, 0.5) is 11.8 Å². The summed E-state index contributed by atoms with van der Waals surface area (Å²) in [5.41, 5.74) is 0. The molecule has 2 aromatic rings. The van der Waals surface area contributed by atoms with E-state index in [9.17, 15) is 0 Å². The van der Waals surface area contributed by atoms with E-state index in [2.05, 4.69) is 33.6 Å². The molecule has 0 saturated carbocycles. The maximum absolute atomic E-state index is 5.41. The van der Waals surface area contributed by atoms with Crippen molar-refractivity contribution in [1.29, 1.82) is 0 Å². The lowest BCUT2D eigenvalue weighted by atomic mass is 10.2. The van der Waals surface area contributed by atoms with Gasteiger partial charge in [0.05, 0.1) is 18.0 Å². The van der Waals surface area contributed by atoms with Crippen molar-refractivity contribution in [1.82, 2.24) is 9.97 Å². The molecule has 0 amide bonds. The van der Waals surface area contributed by atoms with Gasteiger partial charge in [0.1, 0.15) is 10.6 Å². The first-order valence-electron chi connectivity index (χ1n) is 6.62. The summed E-state index contributed by atoms with van der Waals surface area (Å²) in [6, 6.07) is 2.55. The van der Waals surface area contributed by atoms with E-state index in [0.29, 0.717) is 12.0 Å². The highest BCUT2D eigenvalue weighted by molar-refractivity contribution is 7.18. The van der Waals surface area contributed by atoms with Gasteiger partial charge in [-0.25, -0.2) is 4.98 Å². The Morgan fingerprint density at radius 2 is 2.37 bits per heavy atom. The van der Waals surface area contributed by atoms with E-state index in [4.69, 9.17) is 4.74 Å². The summed E-state index contributed by atoms with van der Waals surface area (Å²) < 4.78 is 5.41. The first-order chi connectivity index (χ1) is 9.30. The highest BCUT2D eigenvalue weighted by Gasteiger charge is 2.18. The van der Waals surface area contributed by atoms with Crippen molar-refractivity contribution < 1.29 is 4.74 Å². The highest BCUT2D eigenvalue weighted by atomic mass is 32.1. The van der Waals surface area contributed by atoms with Gasteiger partial charge in [0.25, 0.3) is 0 Å². The molecule has 1 aliphatic heterocycles. The van der Waals surface area contributed by atoms with Crippen LogP contribution in [0.3, 0.4) is 0 Å². The highest BCUT2D eigenvalue weighted by Crippen LogP contribution is 2.31. The fourth-order valence-corrected chi connectivity index (χ4v) is 3.18. The number of ether oxygens (including phenoxy) is 1. The Morgan fingerprint density at radius 1 is 1.47 bits per heavy atom. The molecule has 0 spiro atoms. The Hall–Kier alpha value is -1.40. The maximum Gasteiger partial charge on any atom is 0.225 e. The van der Waals surface area contributed by atoms with Crippen molar-refractivity contribution in [3.63, 3.8) is 0 Å². The van der Waals surface area contributed by atoms with Gasteiger partial charge in [-0.15, -0.1) is 11.3 Å². The van der Waals surface area contributed by atoms with E-state index < -0.39 is 0 Å². The van der Waals surface area contributed by atoms with E-state index in [0.717, 1.165) is 42.1 Å². The fraction of sp³-hybridized carbons (Fsp3) is 0.538. The van der Waals surface area contributed by atoms with Crippen molar-refractivity contribution in [3.8, 4) is 0 Å². The molecule has 3 rings (SSSR count). The second kappa shape index (κ2) is 5.30. The SMILES string of the molecule is CCc1cc2c(NC3CCOC3)nc(NC)nc2s1. The summed E-state index contributed by atoms with van der Waals surface area (Å²) in [4.78, 5) is 11.4. The predicted octanol–water partition coefficient (Wildman–Crippen LogP) is 2.50. The number of anilines is 2. The molecule has 1 aliphatic rings. The minimum atomic E-state index is 0.354. The van der Waals surface area contributed by atoms with E-state index >= 15 is 0 Å². The molecular formula is C13H18N4OS. The predicted molar refractivity (Wildman–Crippen MR) is 79.2 cm³/mol. The third-order valence-electron chi connectivity index (χ3n) is 3.29. The van der Waals surface area contributed by atoms with Gasteiger partial charge in [-0.3, -0.25) is 0 Å². The van der Waals surface area contributed by atoms with Gasteiger partial charge in [-0.1, -0.05) is 6.92 Å². The Labute approximate surface area is 116 Å². The van der Waals surface area contributed by atoms with Crippen molar-refractivity contribution in [2.24, 2.45) is 0 Å². The average molecular weight is 278 g/mol. The number of rotatable bonds is 4. The minimum Gasteiger partial charge on any atom is -0.379 e. The van der Waals surface area contributed by atoms with Crippen LogP contribution in [-0.2, 0) is 11.2 Å². The molecule has 2 N–H and O–H groups in total. The van der Waals surface area contributed by atoms with Gasteiger partial charge in [-0.2, -0.15) is 4.98 Å². The lowest BCUT2D eigenvalue weighted by molar-refractivity contribution is 0.195. The van der Waals surface area contributed by atoms with Gasteiger partial charge in [0, 0.05) is 18.5 Å². The summed E-state index contributed by atoms with van der Waals surface area (Å²) in [6.45, 7) is 3.74. The molecular weight excluding hydrogens is 260 g/mol. The lowest BCUT2D eigenvalue weighted by Gasteiger charge is -2.12. The van der Waals surface area contributed by atoms with Crippen LogP contribution in [0.25, 0.3) is 10.2 Å². The Morgan fingerprint density at radius 3 is 3.05 bits per heavy atom. The topological polar surface area (TPSA) is 59.1 Å². The second-order valence-corrected chi connectivity index (χ2v) is 5.75. The van der Waals surface area contributed by atoms with Crippen LogP contribution in [-0.4, -0.2) is 36.3 Å². The third-order valence-corrected chi connectivity index (χ3v) is 4.46. The number of hydrogen-bond donors (Lipinski definition) is 2. The quantitative estimate of drug-likeness (QED) is 0.900. The van der Waals surface area contributed by atoms with Gasteiger partial charge in [0.15, 0.2) is 0 Å². The van der Waals surface area contributed by atoms with E-state index in [1.807, 2.05) is 7.05 Å². The Kier molecular flexibility index (Phi) is 3.52. The molecule has 0 aromatic carbocycles. The third kappa shape index (κ3) is 2.50. The zero-order valence-electron chi connectivity index (χ0n) is 11.2. The first kappa shape index (κ1) is 12.6. The standard InChI is InChI=1S/C13H18N4OS/c1-3-9-6-10-11(15-8-4-5-18-7-8)16-13(14-2)17-12(10)19-9/h6,8H,3-5,7H2,1-2H3,(H2,14,15,16,17). The van der Waals surface area contributed by atoms with Crippen LogP contribution in [0.15, 0.2) is 6.07 Å². The van der Waals surface area contributed by atoms with Gasteiger partial charge >= 0.3 is 0 Å². The fourth-order valence-electron chi connectivity index (χ4n) is 2.21. The number of nitrogens with zero attached hydrogens (tertiary/aromatic N) is 2. The van der Waals surface area contributed by atoms with Crippen LogP contribution < -0.4 is 10.6 Å². The zero-order chi connectivity index (χ0) is 13.2. The van der Waals surface area contributed by atoms with E-state index in [-0.39, 0.29) is 0 Å². The Bertz CT molecular complexity index is 577. The molecule has 0 radical (unpaired) electrons. The molecule has 3 heterocycles. The zero-order valence-corrected chi connectivity index (χ0v) is 12.0. The normalized spacial score (nSPS) is 18.9. The van der Waals surface area contributed by atoms with E-state index in [1.54, 1.807) is 11.3 Å². The number of aromatic nitrogens is 2. The first-order valence-corrected chi connectivity index (χ1v) is 7.44. The smallest absolute Gasteiger partial charge is 0.225 e. The Balaban J connectivity index is 2.01. The number of fused-ring (bicyclic) bond motifs is 1. The molecule has 1 unspecified atom stereocenters. The van der Waals surface area contributed by atoms with Crippen LogP contribution in [0.1, 0.15) is 18.2 Å². The molecule has 0 aliphatic carbocycles. The second-order valence-electron chi connectivity index (χ2n) is 4.64. The molecule has 0 bridgehead atoms. The number of nitrogens with one attached hydrogen (secondary N) is 2. The van der Waals surface area contributed by atoms with Crippen molar-refractivity contribution in [2.75, 3.05) is 30.9 Å². The van der Waals surface area contributed by atoms with Crippen LogP contribution in [0.5, 0.6) is 0 Å². The van der Waals surface area contributed by atoms with Gasteiger partial charge < -0.3 is 15.4 Å². The molecule has 6 heteroatoms. The number of thiophene rings is 1. The van der Waals surface area contributed by atoms with Crippen LogP contribution in [0.2, 0.25) is 0 Å². The summed E-state index contributed by atoms with van der Waals surface area (Å²) >= 11 is 1.74. The monoisotopic (exact) mass is 278 g/mol. The number of hydrogen-bond acceptors (Lipinski definition) is 6. The molecule has 1 fully saturated rings. The summed E-state index contributed by atoms with van der Waals surface area (Å²) in [7, 11) is 1.85. The van der Waals surface area contributed by atoms with E-state index in [1.165, 1.54) is 4.88 Å². The minimum absolute atomic E-state index is 0.354. The number of aryl methyl sites for hydroxylation is 1. The molecule has 5 nitrogen and oxygen atoms in total.